The molecule has 1 atom stereocenters. The number of para-hydroxylation sites is 1. The van der Waals surface area contributed by atoms with Crippen LogP contribution in [0.5, 0.6) is 0 Å². The van der Waals surface area contributed by atoms with Crippen molar-refractivity contribution >= 4 is 27.7 Å². The maximum absolute atomic E-state index is 13.5. The van der Waals surface area contributed by atoms with Crippen molar-refractivity contribution in [3.8, 4) is 0 Å². The zero-order valence-corrected chi connectivity index (χ0v) is 18.5. The van der Waals surface area contributed by atoms with Gasteiger partial charge in [0.15, 0.2) is 0 Å². The van der Waals surface area contributed by atoms with Crippen LogP contribution in [0, 0.1) is 13.8 Å². The highest BCUT2D eigenvalue weighted by Crippen LogP contribution is 2.27. The van der Waals surface area contributed by atoms with Crippen molar-refractivity contribution in [2.24, 2.45) is 0 Å². The molecule has 2 aromatic carbocycles. The third kappa shape index (κ3) is 3.98. The summed E-state index contributed by atoms with van der Waals surface area (Å²) in [4.78, 5) is 25.8. The van der Waals surface area contributed by atoms with Crippen molar-refractivity contribution in [2.45, 2.75) is 53.2 Å². The van der Waals surface area contributed by atoms with Gasteiger partial charge in [0.05, 0.1) is 6.20 Å². The molecule has 6 nitrogen and oxygen atoms in total. The van der Waals surface area contributed by atoms with E-state index in [4.69, 9.17) is 0 Å². The van der Waals surface area contributed by atoms with Gasteiger partial charge in [0.1, 0.15) is 12.1 Å². The molecular formula is C25H28N4O2. The zero-order chi connectivity index (χ0) is 22.1. The highest BCUT2D eigenvalue weighted by atomic mass is 16.2. The lowest BCUT2D eigenvalue weighted by atomic mass is 10.1. The third-order valence-electron chi connectivity index (χ3n) is 5.92. The number of amides is 1. The first-order valence-electron chi connectivity index (χ1n) is 10.7. The van der Waals surface area contributed by atoms with E-state index in [-0.39, 0.29) is 24.1 Å². The van der Waals surface area contributed by atoms with Crippen LogP contribution in [0.1, 0.15) is 37.0 Å². The van der Waals surface area contributed by atoms with Gasteiger partial charge in [-0.1, -0.05) is 48.9 Å². The second kappa shape index (κ2) is 8.38. The number of carbonyl (C=O) groups excluding carboxylic acids is 1. The molecule has 0 spiro atoms. The van der Waals surface area contributed by atoms with Crippen LogP contribution in [0.25, 0.3) is 21.8 Å². The summed E-state index contributed by atoms with van der Waals surface area (Å²) in [5.41, 5.74) is 4.84. The van der Waals surface area contributed by atoms with E-state index in [1.165, 1.54) is 21.4 Å². The van der Waals surface area contributed by atoms with E-state index in [2.05, 4.69) is 47.0 Å². The maximum atomic E-state index is 13.5. The SMILES string of the molecule is CCC(C)NC(=O)Cn1ncc2c3ccccc3n(Cc3cc(C)ccc3C)c2c1=O. The zero-order valence-electron chi connectivity index (χ0n) is 18.5. The largest absolute Gasteiger partial charge is 0.352 e. The Hall–Kier alpha value is -3.41. The molecule has 4 rings (SSSR count). The highest BCUT2D eigenvalue weighted by Gasteiger charge is 2.18. The number of aryl methyl sites for hydroxylation is 2. The van der Waals surface area contributed by atoms with Crippen molar-refractivity contribution in [3.05, 3.63) is 75.7 Å². The van der Waals surface area contributed by atoms with Gasteiger partial charge in [-0.25, -0.2) is 4.68 Å². The number of benzene rings is 2. The molecule has 1 N–H and O–H groups in total. The van der Waals surface area contributed by atoms with Crippen LogP contribution >= 0.6 is 0 Å². The monoisotopic (exact) mass is 416 g/mol. The van der Waals surface area contributed by atoms with E-state index in [0.29, 0.717) is 12.1 Å². The molecule has 0 radical (unpaired) electrons. The molecule has 160 valence electrons. The summed E-state index contributed by atoms with van der Waals surface area (Å²) in [6.07, 6.45) is 2.53. The summed E-state index contributed by atoms with van der Waals surface area (Å²) in [6.45, 7) is 8.59. The Morgan fingerprint density at radius 1 is 1.13 bits per heavy atom. The number of rotatable bonds is 6. The second-order valence-corrected chi connectivity index (χ2v) is 8.28. The minimum Gasteiger partial charge on any atom is -0.352 e. The number of fused-ring (bicyclic) bond motifs is 3. The van der Waals surface area contributed by atoms with Crippen LogP contribution < -0.4 is 10.9 Å². The first kappa shape index (κ1) is 20.8. The van der Waals surface area contributed by atoms with Crippen LogP contribution in [-0.4, -0.2) is 26.3 Å². The standard InChI is InChI=1S/C25H28N4O2/c1-5-18(4)27-23(30)15-29-25(31)24-21(13-26-29)20-8-6-7-9-22(20)28(24)14-19-12-16(2)10-11-17(19)3/h6-13,18H,5,14-15H2,1-4H3,(H,27,30). The maximum Gasteiger partial charge on any atom is 0.291 e. The Labute approximate surface area is 181 Å². The van der Waals surface area contributed by atoms with Crippen molar-refractivity contribution in [2.75, 3.05) is 0 Å². The van der Waals surface area contributed by atoms with Crippen LogP contribution in [-0.2, 0) is 17.9 Å². The summed E-state index contributed by atoms with van der Waals surface area (Å²) in [5, 5.41) is 9.01. The average Bonchev–Trinajstić information content (AvgIpc) is 3.07. The summed E-state index contributed by atoms with van der Waals surface area (Å²) in [5.74, 6) is -0.208. The lowest BCUT2D eigenvalue weighted by Gasteiger charge is -2.13. The Morgan fingerprint density at radius 2 is 1.90 bits per heavy atom. The van der Waals surface area contributed by atoms with E-state index < -0.39 is 0 Å². The molecule has 31 heavy (non-hydrogen) atoms. The molecule has 0 fully saturated rings. The van der Waals surface area contributed by atoms with Crippen molar-refractivity contribution in [3.63, 3.8) is 0 Å². The number of hydrogen-bond acceptors (Lipinski definition) is 3. The second-order valence-electron chi connectivity index (χ2n) is 8.28. The van der Waals surface area contributed by atoms with E-state index in [0.717, 1.165) is 22.7 Å². The van der Waals surface area contributed by atoms with Gasteiger partial charge in [-0.15, -0.1) is 0 Å². The first-order valence-corrected chi connectivity index (χ1v) is 10.7. The molecule has 6 heteroatoms. The van der Waals surface area contributed by atoms with Gasteiger partial charge in [0.2, 0.25) is 5.91 Å². The predicted octanol–water partition coefficient (Wildman–Crippen LogP) is 3.93. The molecule has 0 bridgehead atoms. The fraction of sp³-hybridized carbons (Fsp3) is 0.320. The molecule has 0 aliphatic heterocycles. The van der Waals surface area contributed by atoms with E-state index in [1.54, 1.807) is 6.20 Å². The van der Waals surface area contributed by atoms with Crippen molar-refractivity contribution in [1.82, 2.24) is 19.7 Å². The van der Waals surface area contributed by atoms with Crippen LogP contribution in [0.2, 0.25) is 0 Å². The number of aromatic nitrogens is 3. The topological polar surface area (TPSA) is 68.9 Å². The minimum absolute atomic E-state index is 0.0580. The molecule has 1 amide bonds. The molecule has 0 aliphatic rings. The number of nitrogens with one attached hydrogen (secondary N) is 1. The van der Waals surface area contributed by atoms with Crippen molar-refractivity contribution < 1.29 is 4.79 Å². The van der Waals surface area contributed by atoms with Crippen LogP contribution in [0.3, 0.4) is 0 Å². The van der Waals surface area contributed by atoms with Gasteiger partial charge in [0.25, 0.3) is 5.56 Å². The lowest BCUT2D eigenvalue weighted by molar-refractivity contribution is -0.122. The normalized spacial score (nSPS) is 12.4. The van der Waals surface area contributed by atoms with Gasteiger partial charge >= 0.3 is 0 Å². The van der Waals surface area contributed by atoms with E-state index in [9.17, 15) is 9.59 Å². The number of hydrogen-bond donors (Lipinski definition) is 1. The molecule has 1 unspecified atom stereocenters. The Kier molecular flexibility index (Phi) is 5.63. The highest BCUT2D eigenvalue weighted by molar-refractivity contribution is 6.07. The Balaban J connectivity index is 1.86. The molecule has 2 aromatic heterocycles. The number of nitrogens with zero attached hydrogens (tertiary/aromatic N) is 3. The van der Waals surface area contributed by atoms with Gasteiger partial charge in [0, 0.05) is 28.9 Å². The van der Waals surface area contributed by atoms with Crippen LogP contribution in [0.4, 0.5) is 0 Å². The average molecular weight is 417 g/mol. The quantitative estimate of drug-likeness (QED) is 0.518. The Bertz CT molecular complexity index is 1330. The lowest BCUT2D eigenvalue weighted by Crippen LogP contribution is -2.38. The number of carbonyl (C=O) groups is 1. The molecule has 0 saturated heterocycles. The predicted molar refractivity (Wildman–Crippen MR) is 124 cm³/mol. The van der Waals surface area contributed by atoms with Crippen molar-refractivity contribution in [1.29, 1.82) is 0 Å². The van der Waals surface area contributed by atoms with Gasteiger partial charge < -0.3 is 9.88 Å². The fourth-order valence-corrected chi connectivity index (χ4v) is 3.97. The summed E-state index contributed by atoms with van der Waals surface area (Å²) in [6, 6.07) is 14.4. The molecule has 2 heterocycles. The van der Waals surface area contributed by atoms with Gasteiger partial charge in [-0.3, -0.25) is 9.59 Å². The molecular weight excluding hydrogens is 388 g/mol. The Morgan fingerprint density at radius 3 is 2.68 bits per heavy atom. The minimum atomic E-state index is -0.252. The third-order valence-corrected chi connectivity index (χ3v) is 5.92. The summed E-state index contributed by atoms with van der Waals surface area (Å²) < 4.78 is 3.32. The van der Waals surface area contributed by atoms with E-state index >= 15 is 0 Å². The molecule has 0 saturated carbocycles. The molecule has 4 aromatic rings. The van der Waals surface area contributed by atoms with E-state index in [1.807, 2.05) is 38.1 Å². The fourth-order valence-electron chi connectivity index (χ4n) is 3.97. The summed E-state index contributed by atoms with van der Waals surface area (Å²) >= 11 is 0. The van der Waals surface area contributed by atoms with Crippen LogP contribution in [0.15, 0.2) is 53.5 Å². The first-order chi connectivity index (χ1) is 14.9. The molecule has 0 aliphatic carbocycles. The summed E-state index contributed by atoms with van der Waals surface area (Å²) in [7, 11) is 0. The van der Waals surface area contributed by atoms with Gasteiger partial charge in [-0.05, 0) is 44.4 Å². The smallest absolute Gasteiger partial charge is 0.291 e. The van der Waals surface area contributed by atoms with Gasteiger partial charge in [-0.2, -0.15) is 5.10 Å².